The molecule has 4 aliphatic carbocycles. The van der Waals surface area contributed by atoms with Gasteiger partial charge in [-0.15, -0.1) is 0 Å². The Morgan fingerprint density at radius 2 is 1.81 bits per heavy atom. The second-order valence-corrected chi connectivity index (χ2v) is 9.26. The lowest BCUT2D eigenvalue weighted by atomic mass is 9.47. The van der Waals surface area contributed by atoms with Crippen LogP contribution in [0.25, 0.3) is 0 Å². The summed E-state index contributed by atoms with van der Waals surface area (Å²) in [4.78, 5) is 26.1. The largest absolute Gasteiger partial charge is 0.404 e. The number of halogens is 3. The van der Waals surface area contributed by atoms with Gasteiger partial charge >= 0.3 is 6.18 Å². The fourth-order valence-corrected chi connectivity index (χ4v) is 6.60. The maximum Gasteiger partial charge on any atom is 0.404 e. The Labute approximate surface area is 157 Å². The van der Waals surface area contributed by atoms with Gasteiger partial charge in [0.15, 0.2) is 0 Å². The molecule has 1 aliphatic heterocycles. The average Bonchev–Trinajstić information content (AvgIpc) is 3.06. The second kappa shape index (κ2) is 6.36. The molecule has 27 heavy (non-hydrogen) atoms. The molecule has 2 amide bonds. The van der Waals surface area contributed by atoms with E-state index >= 15 is 0 Å². The number of carbonyl (C=O) groups excluding carboxylic acids is 2. The Bertz CT molecular complexity index is 622. The van der Waals surface area contributed by atoms with Crippen LogP contribution in [0, 0.1) is 23.2 Å². The highest BCUT2D eigenvalue weighted by Gasteiger charge is 2.58. The maximum absolute atomic E-state index is 13.2. The van der Waals surface area contributed by atoms with E-state index in [0.29, 0.717) is 31.7 Å². The van der Waals surface area contributed by atoms with Gasteiger partial charge in [-0.3, -0.25) is 14.5 Å². The summed E-state index contributed by atoms with van der Waals surface area (Å²) in [5.74, 6) is 0.337. The van der Waals surface area contributed by atoms with E-state index in [-0.39, 0.29) is 36.1 Å². The maximum atomic E-state index is 13.2. The third-order valence-electron chi connectivity index (χ3n) is 7.65. The minimum atomic E-state index is -4.30. The highest BCUT2D eigenvalue weighted by Crippen LogP contribution is 2.59. The molecule has 0 aromatic rings. The number of amides is 2. The Morgan fingerprint density at radius 1 is 1.19 bits per heavy atom. The summed E-state index contributed by atoms with van der Waals surface area (Å²) in [6.07, 6.45) is 0.402. The van der Waals surface area contributed by atoms with Crippen LogP contribution in [-0.4, -0.2) is 47.6 Å². The summed E-state index contributed by atoms with van der Waals surface area (Å²) >= 11 is 0. The van der Waals surface area contributed by atoms with Crippen LogP contribution in [-0.2, 0) is 9.59 Å². The fraction of sp³-hybridized carbons (Fsp3) is 0.895. The molecular weight excluding hydrogens is 359 g/mol. The van der Waals surface area contributed by atoms with Crippen molar-refractivity contribution < 1.29 is 22.8 Å². The number of carbonyl (C=O) groups is 2. The molecule has 5 rings (SSSR count). The van der Waals surface area contributed by atoms with E-state index in [4.69, 9.17) is 5.73 Å². The number of nitrogens with one attached hydrogen (secondary N) is 1. The molecule has 5 nitrogen and oxygen atoms in total. The van der Waals surface area contributed by atoms with Crippen LogP contribution in [0.2, 0.25) is 0 Å². The zero-order chi connectivity index (χ0) is 19.6. The summed E-state index contributed by atoms with van der Waals surface area (Å²) in [6.45, 7) is 1.86. The van der Waals surface area contributed by atoms with Gasteiger partial charge < -0.3 is 11.1 Å². The molecule has 8 heteroatoms. The van der Waals surface area contributed by atoms with Gasteiger partial charge in [0, 0.05) is 11.5 Å². The fourth-order valence-electron chi connectivity index (χ4n) is 6.60. The van der Waals surface area contributed by atoms with Crippen LogP contribution in [0.1, 0.15) is 51.9 Å². The molecule has 5 unspecified atom stereocenters. The average molecular weight is 387 g/mol. The topological polar surface area (TPSA) is 75.4 Å². The quantitative estimate of drug-likeness (QED) is 0.777. The van der Waals surface area contributed by atoms with Crippen LogP contribution in [0.5, 0.6) is 0 Å². The van der Waals surface area contributed by atoms with Crippen LogP contribution in [0.3, 0.4) is 0 Å². The predicted molar refractivity (Wildman–Crippen MR) is 92.4 cm³/mol. The molecule has 0 aromatic carbocycles. The summed E-state index contributed by atoms with van der Waals surface area (Å²) in [7, 11) is 0. The second-order valence-electron chi connectivity index (χ2n) is 9.26. The lowest BCUT2D eigenvalue weighted by Crippen LogP contribution is -2.63. The number of hydrogen-bond donors (Lipinski definition) is 2. The Balaban J connectivity index is 1.44. The number of hydrogen-bond acceptors (Lipinski definition) is 3. The number of nitrogens with two attached hydrogens (primary N) is 1. The lowest BCUT2D eigenvalue weighted by Gasteiger charge is -2.59. The molecule has 3 N–H and O–H groups in total. The zero-order valence-corrected chi connectivity index (χ0v) is 15.6. The third-order valence-corrected chi connectivity index (χ3v) is 7.65. The first-order chi connectivity index (χ1) is 12.6. The van der Waals surface area contributed by atoms with Crippen molar-refractivity contribution in [3.8, 4) is 0 Å². The SMILES string of the molecule is CC(C(=O)NC1[C@@H]2CC3C[C@H]1CC(C(N)=O)(C3)C2)N1CCCC1C(F)(F)F. The number of likely N-dealkylation sites (tertiary alicyclic amines) is 1. The summed E-state index contributed by atoms with van der Waals surface area (Å²) in [5.41, 5.74) is 5.25. The van der Waals surface area contributed by atoms with Gasteiger partial charge in [0.2, 0.25) is 11.8 Å². The summed E-state index contributed by atoms with van der Waals surface area (Å²) in [5, 5.41) is 3.07. The van der Waals surface area contributed by atoms with Gasteiger partial charge in [0.05, 0.1) is 6.04 Å². The molecule has 5 fully saturated rings. The van der Waals surface area contributed by atoms with Gasteiger partial charge in [-0.05, 0) is 76.2 Å². The first kappa shape index (κ1) is 19.0. The van der Waals surface area contributed by atoms with E-state index in [1.807, 2.05) is 0 Å². The molecule has 1 heterocycles. The van der Waals surface area contributed by atoms with Crippen LogP contribution < -0.4 is 11.1 Å². The first-order valence-electron chi connectivity index (χ1n) is 10.0. The number of nitrogens with zero attached hydrogens (tertiary/aromatic N) is 1. The zero-order valence-electron chi connectivity index (χ0n) is 15.6. The first-order valence-corrected chi connectivity index (χ1v) is 10.0. The van der Waals surface area contributed by atoms with E-state index in [1.54, 1.807) is 6.92 Å². The standard InChI is InChI=1S/C19H28F3N3O2/c1-10(25-4-2-3-14(25)19(20,21)22)16(26)24-15-12-5-11-6-13(15)9-18(7-11,8-12)17(23)27/h10-15H,2-9H2,1H3,(H2,23,27)(H,24,26)/t10?,11?,12-,13+,14?,15?,18?. The van der Waals surface area contributed by atoms with Crippen LogP contribution in [0.4, 0.5) is 13.2 Å². The Kier molecular flexibility index (Phi) is 4.48. The summed E-state index contributed by atoms with van der Waals surface area (Å²) < 4.78 is 39.7. The van der Waals surface area contributed by atoms with Crippen molar-refractivity contribution in [1.82, 2.24) is 10.2 Å². The van der Waals surface area contributed by atoms with E-state index in [9.17, 15) is 22.8 Å². The normalized spacial score (nSPS) is 42.3. The van der Waals surface area contributed by atoms with Crippen LogP contribution in [0.15, 0.2) is 0 Å². The molecule has 152 valence electrons. The minimum Gasteiger partial charge on any atom is -0.369 e. The molecule has 5 aliphatic rings. The molecule has 4 saturated carbocycles. The van der Waals surface area contributed by atoms with Crippen molar-refractivity contribution in [2.45, 2.75) is 76.2 Å². The molecular formula is C19H28F3N3O2. The van der Waals surface area contributed by atoms with E-state index in [0.717, 1.165) is 19.3 Å². The Hall–Kier alpha value is -1.31. The lowest BCUT2D eigenvalue weighted by molar-refractivity contribution is -0.181. The van der Waals surface area contributed by atoms with E-state index in [2.05, 4.69) is 5.32 Å². The molecule has 0 spiro atoms. The van der Waals surface area contributed by atoms with Gasteiger partial charge in [-0.25, -0.2) is 0 Å². The monoisotopic (exact) mass is 387 g/mol. The molecule has 4 bridgehead atoms. The van der Waals surface area contributed by atoms with Gasteiger partial charge in [-0.2, -0.15) is 13.2 Å². The molecule has 0 aromatic heterocycles. The molecule has 0 radical (unpaired) electrons. The summed E-state index contributed by atoms with van der Waals surface area (Å²) in [6, 6.07) is -2.38. The van der Waals surface area contributed by atoms with Crippen molar-refractivity contribution in [2.75, 3.05) is 6.54 Å². The number of rotatable bonds is 4. The van der Waals surface area contributed by atoms with Gasteiger partial charge in [0.1, 0.15) is 6.04 Å². The molecule has 1 saturated heterocycles. The van der Waals surface area contributed by atoms with Crippen LogP contribution >= 0.6 is 0 Å². The van der Waals surface area contributed by atoms with E-state index in [1.165, 1.54) is 4.90 Å². The smallest absolute Gasteiger partial charge is 0.369 e. The highest BCUT2D eigenvalue weighted by molar-refractivity contribution is 5.83. The highest BCUT2D eigenvalue weighted by atomic mass is 19.4. The van der Waals surface area contributed by atoms with Crippen molar-refractivity contribution in [2.24, 2.45) is 28.9 Å². The molecule has 7 atom stereocenters. The van der Waals surface area contributed by atoms with Crippen molar-refractivity contribution in [3.63, 3.8) is 0 Å². The third kappa shape index (κ3) is 3.13. The minimum absolute atomic E-state index is 0.0454. The van der Waals surface area contributed by atoms with Gasteiger partial charge in [0.25, 0.3) is 0 Å². The van der Waals surface area contributed by atoms with Gasteiger partial charge in [-0.1, -0.05) is 0 Å². The Morgan fingerprint density at radius 3 is 2.37 bits per heavy atom. The van der Waals surface area contributed by atoms with Crippen molar-refractivity contribution in [1.29, 1.82) is 0 Å². The van der Waals surface area contributed by atoms with Crippen molar-refractivity contribution in [3.05, 3.63) is 0 Å². The number of primary amides is 1. The number of alkyl halides is 3. The predicted octanol–water partition coefficient (Wildman–Crippen LogP) is 2.20. The van der Waals surface area contributed by atoms with E-state index < -0.39 is 23.7 Å². The van der Waals surface area contributed by atoms with Crippen molar-refractivity contribution >= 4 is 11.8 Å².